The van der Waals surface area contributed by atoms with E-state index in [1.807, 2.05) is 0 Å². The lowest BCUT2D eigenvalue weighted by Crippen LogP contribution is -2.54. The highest BCUT2D eigenvalue weighted by atomic mass is 16.6. The quantitative estimate of drug-likeness (QED) is 0.329. The van der Waals surface area contributed by atoms with Gasteiger partial charge in [0.15, 0.2) is 0 Å². The maximum absolute atomic E-state index is 9.78. The van der Waals surface area contributed by atoms with Crippen molar-refractivity contribution in [2.75, 3.05) is 19.8 Å². The molecule has 3 N–H and O–H groups in total. The van der Waals surface area contributed by atoms with Gasteiger partial charge in [0, 0.05) is 0 Å². The first-order valence-electron chi connectivity index (χ1n) is 10.0. The van der Waals surface area contributed by atoms with E-state index < -0.39 is 24.4 Å². The Hall–Kier alpha value is -0.460. The summed E-state index contributed by atoms with van der Waals surface area (Å²) in [6, 6.07) is 0. The number of unbranched alkanes of at least 4 members (excludes halogenated alkanes) is 8. The van der Waals surface area contributed by atoms with Gasteiger partial charge in [-0.05, 0) is 19.3 Å². The van der Waals surface area contributed by atoms with Crippen molar-refractivity contribution in [3.63, 3.8) is 0 Å². The lowest BCUT2D eigenvalue weighted by molar-refractivity contribution is -0.199. The fraction of sp³-hybridized carbons (Fsp3) is 0.900. The molecular formula is C20H38O5. The van der Waals surface area contributed by atoms with Gasteiger partial charge in [-0.1, -0.05) is 64.0 Å². The summed E-state index contributed by atoms with van der Waals surface area (Å²) < 4.78 is 10.8. The van der Waals surface area contributed by atoms with Gasteiger partial charge in [-0.3, -0.25) is 0 Å². The van der Waals surface area contributed by atoms with E-state index in [0.29, 0.717) is 6.61 Å². The fourth-order valence-corrected chi connectivity index (χ4v) is 3.00. The summed E-state index contributed by atoms with van der Waals surface area (Å²) in [5.74, 6) is 0. The van der Waals surface area contributed by atoms with Crippen LogP contribution in [-0.4, -0.2) is 59.6 Å². The smallest absolute Gasteiger partial charge is 0.111 e. The number of hydrogen-bond acceptors (Lipinski definition) is 5. The second-order valence-corrected chi connectivity index (χ2v) is 7.02. The van der Waals surface area contributed by atoms with Crippen LogP contribution in [0.25, 0.3) is 0 Å². The van der Waals surface area contributed by atoms with Crippen molar-refractivity contribution in [3.05, 3.63) is 12.2 Å². The minimum absolute atomic E-state index is 0.0325. The van der Waals surface area contributed by atoms with E-state index in [1.54, 1.807) is 0 Å². The van der Waals surface area contributed by atoms with Gasteiger partial charge in [0.25, 0.3) is 0 Å². The van der Waals surface area contributed by atoms with Crippen LogP contribution in [0, 0.1) is 0 Å². The van der Waals surface area contributed by atoms with Crippen LogP contribution in [0.15, 0.2) is 12.2 Å². The van der Waals surface area contributed by atoms with Crippen LogP contribution in [0.5, 0.6) is 0 Å². The first-order valence-corrected chi connectivity index (χ1v) is 10.0. The standard InChI is InChI=1S/C20H38O5/c1-2-3-4-5-6-7-8-9-10-11-12-13-14-24-16-18-20(23)19(22)17(21)15-25-18/h11-12,17-23H,2-10,13-16H2,1H3/b12-11+/t17-,18+,19+,20+/m1/s1. The summed E-state index contributed by atoms with van der Waals surface area (Å²) in [5.41, 5.74) is 0. The topological polar surface area (TPSA) is 79.2 Å². The van der Waals surface area contributed by atoms with Gasteiger partial charge in [0.2, 0.25) is 0 Å². The Morgan fingerprint density at radius 1 is 0.880 bits per heavy atom. The van der Waals surface area contributed by atoms with E-state index in [1.165, 1.54) is 51.4 Å². The van der Waals surface area contributed by atoms with Crippen LogP contribution in [0.3, 0.4) is 0 Å². The van der Waals surface area contributed by atoms with Gasteiger partial charge in [-0.15, -0.1) is 0 Å². The molecule has 0 bridgehead atoms. The van der Waals surface area contributed by atoms with Crippen LogP contribution in [0.4, 0.5) is 0 Å². The van der Waals surface area contributed by atoms with Crippen molar-refractivity contribution >= 4 is 0 Å². The third-order valence-corrected chi connectivity index (χ3v) is 4.71. The monoisotopic (exact) mass is 358 g/mol. The lowest BCUT2D eigenvalue weighted by atomic mass is 10.0. The van der Waals surface area contributed by atoms with Gasteiger partial charge >= 0.3 is 0 Å². The Morgan fingerprint density at radius 2 is 1.52 bits per heavy atom. The van der Waals surface area contributed by atoms with E-state index in [9.17, 15) is 15.3 Å². The molecular weight excluding hydrogens is 320 g/mol. The molecule has 1 saturated heterocycles. The molecule has 1 heterocycles. The lowest BCUT2D eigenvalue weighted by Gasteiger charge is -2.35. The second kappa shape index (κ2) is 14.7. The number of aliphatic hydroxyl groups is 3. The number of aliphatic hydroxyl groups excluding tert-OH is 3. The van der Waals surface area contributed by atoms with E-state index in [0.717, 1.165) is 12.8 Å². The highest BCUT2D eigenvalue weighted by molar-refractivity contribution is 4.86. The third kappa shape index (κ3) is 10.3. The number of allylic oxidation sites excluding steroid dienone is 1. The summed E-state index contributed by atoms with van der Waals surface area (Å²) in [6.07, 6.45) is 13.2. The van der Waals surface area contributed by atoms with Crippen molar-refractivity contribution in [1.29, 1.82) is 0 Å². The van der Waals surface area contributed by atoms with Crippen molar-refractivity contribution in [2.24, 2.45) is 0 Å². The highest BCUT2D eigenvalue weighted by Gasteiger charge is 2.37. The maximum atomic E-state index is 9.78. The van der Waals surface area contributed by atoms with Crippen molar-refractivity contribution < 1.29 is 24.8 Å². The normalized spacial score (nSPS) is 27.2. The Kier molecular flexibility index (Phi) is 13.3. The van der Waals surface area contributed by atoms with E-state index in [-0.39, 0.29) is 13.2 Å². The molecule has 5 nitrogen and oxygen atoms in total. The molecule has 0 saturated carbocycles. The zero-order chi connectivity index (χ0) is 18.3. The fourth-order valence-electron chi connectivity index (χ4n) is 3.00. The summed E-state index contributed by atoms with van der Waals surface area (Å²) in [6.45, 7) is 3.08. The van der Waals surface area contributed by atoms with Crippen LogP contribution in [-0.2, 0) is 9.47 Å². The average molecular weight is 359 g/mol. The summed E-state index contributed by atoms with van der Waals surface area (Å²) in [7, 11) is 0. The molecule has 25 heavy (non-hydrogen) atoms. The molecule has 0 aromatic rings. The van der Waals surface area contributed by atoms with Crippen LogP contribution < -0.4 is 0 Å². The number of hydrogen-bond donors (Lipinski definition) is 3. The number of ether oxygens (including phenoxy) is 2. The Bertz CT molecular complexity index is 334. The van der Waals surface area contributed by atoms with Crippen molar-refractivity contribution in [1.82, 2.24) is 0 Å². The molecule has 1 fully saturated rings. The predicted octanol–water partition coefficient (Wildman–Crippen LogP) is 2.96. The molecule has 0 radical (unpaired) electrons. The molecule has 1 rings (SSSR count). The highest BCUT2D eigenvalue weighted by Crippen LogP contribution is 2.16. The number of rotatable bonds is 14. The summed E-state index contributed by atoms with van der Waals surface area (Å²) in [4.78, 5) is 0. The molecule has 0 amide bonds. The Morgan fingerprint density at radius 3 is 2.24 bits per heavy atom. The van der Waals surface area contributed by atoms with Crippen molar-refractivity contribution in [2.45, 2.75) is 95.5 Å². The van der Waals surface area contributed by atoms with Gasteiger partial charge in [0.1, 0.15) is 24.4 Å². The molecule has 0 aliphatic carbocycles. The minimum Gasteiger partial charge on any atom is -0.388 e. The average Bonchev–Trinajstić information content (AvgIpc) is 2.61. The zero-order valence-electron chi connectivity index (χ0n) is 15.8. The van der Waals surface area contributed by atoms with Crippen molar-refractivity contribution in [3.8, 4) is 0 Å². The van der Waals surface area contributed by atoms with Gasteiger partial charge in [-0.25, -0.2) is 0 Å². The van der Waals surface area contributed by atoms with Gasteiger partial charge in [-0.2, -0.15) is 0 Å². The largest absolute Gasteiger partial charge is 0.388 e. The Labute approximate surface area is 153 Å². The molecule has 4 atom stereocenters. The molecule has 1 aliphatic heterocycles. The second-order valence-electron chi connectivity index (χ2n) is 7.02. The summed E-state index contributed by atoms with van der Waals surface area (Å²) >= 11 is 0. The zero-order valence-corrected chi connectivity index (χ0v) is 15.8. The molecule has 0 aromatic carbocycles. The predicted molar refractivity (Wildman–Crippen MR) is 99.6 cm³/mol. The van der Waals surface area contributed by atoms with Gasteiger partial charge in [0.05, 0.1) is 19.8 Å². The summed E-state index contributed by atoms with van der Waals surface area (Å²) in [5, 5.41) is 28.7. The van der Waals surface area contributed by atoms with Gasteiger partial charge < -0.3 is 24.8 Å². The van der Waals surface area contributed by atoms with E-state index >= 15 is 0 Å². The molecule has 1 aliphatic rings. The van der Waals surface area contributed by atoms with Crippen LogP contribution in [0.2, 0.25) is 0 Å². The molecule has 148 valence electrons. The van der Waals surface area contributed by atoms with E-state index in [4.69, 9.17) is 9.47 Å². The molecule has 0 spiro atoms. The molecule has 0 aromatic heterocycles. The first-order chi connectivity index (χ1) is 12.2. The molecule has 5 heteroatoms. The van der Waals surface area contributed by atoms with E-state index in [2.05, 4.69) is 19.1 Å². The Balaban J connectivity index is 1.89. The SMILES string of the molecule is CCCCCCCCCC/C=C/CCOC[C@@H]1OC[C@@H](O)[C@H](O)[C@H]1O. The first kappa shape index (κ1) is 22.6. The minimum atomic E-state index is -1.16. The van der Waals surface area contributed by atoms with Crippen LogP contribution in [0.1, 0.15) is 71.1 Å². The molecule has 0 unspecified atom stereocenters. The third-order valence-electron chi connectivity index (χ3n) is 4.71. The maximum Gasteiger partial charge on any atom is 0.111 e. The van der Waals surface area contributed by atoms with Crippen LogP contribution >= 0.6 is 0 Å².